The van der Waals surface area contributed by atoms with Crippen LogP contribution in [0.3, 0.4) is 0 Å². The summed E-state index contributed by atoms with van der Waals surface area (Å²) in [7, 11) is 0. The summed E-state index contributed by atoms with van der Waals surface area (Å²) in [5.41, 5.74) is 15.8. The normalized spacial score (nSPS) is 9.35. The van der Waals surface area contributed by atoms with Crippen molar-refractivity contribution in [3.8, 4) is 11.5 Å². The van der Waals surface area contributed by atoms with Gasteiger partial charge in [0.15, 0.2) is 0 Å². The lowest BCUT2D eigenvalue weighted by molar-refractivity contribution is -0.385. The zero-order valence-corrected chi connectivity index (χ0v) is 29.0. The third kappa shape index (κ3) is 25.7. The monoisotopic (exact) mass is 832 g/mol. The van der Waals surface area contributed by atoms with Crippen LogP contribution in [0.4, 0.5) is 21.0 Å². The number of hydrogen-bond donors (Lipinski definition) is 1. The molecule has 0 atom stereocenters. The van der Waals surface area contributed by atoms with Crippen molar-refractivity contribution in [2.45, 2.75) is 51.4 Å². The van der Waals surface area contributed by atoms with Crippen LogP contribution in [0.2, 0.25) is 0 Å². The largest absolute Gasteiger partial charge is 0.516 e. The first-order valence-corrected chi connectivity index (χ1v) is 16.1. The number of hydrogen-bond acceptors (Lipinski definition) is 15. The fourth-order valence-corrected chi connectivity index (χ4v) is 3.39. The summed E-state index contributed by atoms with van der Waals surface area (Å²) < 4.78 is 23.4. The Morgan fingerprint density at radius 1 is 0.686 bits per heavy atom. The van der Waals surface area contributed by atoms with Gasteiger partial charge in [0.05, 0.1) is 9.85 Å². The van der Waals surface area contributed by atoms with Gasteiger partial charge in [-0.3, -0.25) is 29.8 Å². The number of ether oxygens (including phenoxy) is 5. The molecule has 0 amide bonds. The van der Waals surface area contributed by atoms with Gasteiger partial charge in [-0.15, -0.1) is 0 Å². The highest BCUT2D eigenvalue weighted by atomic mass is 127. The van der Waals surface area contributed by atoms with Crippen molar-refractivity contribution in [3.63, 3.8) is 0 Å². The number of esters is 1. The van der Waals surface area contributed by atoms with Crippen molar-refractivity contribution in [2.24, 2.45) is 10.2 Å². The quantitative estimate of drug-likeness (QED) is 0.0120. The standard InChI is InChI=1S/C14H16N4O7.C8H6INO5.C6H11N3O2/c15-17-16-9-3-1-2-4-13(19)23-10-24-14(20)25-12-7-5-11(6-8-12)18(21)22;9-5-14-8(11)15-7-3-1-6(2-4-7)10(12)13;7-9-8-5-3-1-2-4-6(10)11/h5-8H,1-4,9-10H2;1-4H,5H2;1-5H2,(H,10,11). The van der Waals surface area contributed by atoms with Crippen LogP contribution in [0.15, 0.2) is 58.8 Å². The van der Waals surface area contributed by atoms with Crippen LogP contribution >= 0.6 is 22.6 Å². The fraction of sp³-hybridized carbons (Fsp3) is 0.429. The van der Waals surface area contributed by atoms with E-state index in [1.807, 2.05) is 22.6 Å². The second kappa shape index (κ2) is 29.0. The molecule has 0 bridgehead atoms. The molecular weight excluding hydrogens is 799 g/mol. The van der Waals surface area contributed by atoms with Gasteiger partial charge in [-0.25, -0.2) is 9.59 Å². The third-order valence-corrected chi connectivity index (χ3v) is 5.79. The maximum atomic E-state index is 11.4. The highest BCUT2D eigenvalue weighted by Crippen LogP contribution is 2.18. The van der Waals surface area contributed by atoms with Crippen LogP contribution in [-0.4, -0.2) is 63.7 Å². The van der Waals surface area contributed by atoms with Gasteiger partial charge >= 0.3 is 24.2 Å². The second-order valence-corrected chi connectivity index (χ2v) is 9.78. The molecule has 0 spiro atoms. The molecule has 2 aromatic carbocycles. The summed E-state index contributed by atoms with van der Waals surface area (Å²) in [6.07, 6.45) is 2.61. The molecule has 276 valence electrons. The number of azide groups is 2. The Balaban J connectivity index is 0.000000814. The number of unbranched alkanes of at least 4 members (excludes halogenated alkanes) is 4. The number of rotatable bonds is 19. The Bertz CT molecular complexity index is 1500. The number of nitro groups is 2. The van der Waals surface area contributed by atoms with E-state index in [0.717, 1.165) is 12.8 Å². The second-order valence-electron chi connectivity index (χ2n) is 9.16. The maximum absolute atomic E-state index is 11.4. The zero-order valence-electron chi connectivity index (χ0n) is 26.8. The first-order chi connectivity index (χ1) is 24.4. The molecule has 0 aliphatic rings. The lowest BCUT2D eigenvalue weighted by Gasteiger charge is -2.06. The SMILES string of the molecule is O=C(OCI)Oc1ccc([N+](=O)[O-])cc1.[N-]=[N+]=NCCCCCC(=O)O.[N-]=[N+]=NCCCCCC(=O)OCOC(=O)Oc1ccc([N+](=O)[O-])cc1. The summed E-state index contributed by atoms with van der Waals surface area (Å²) in [6, 6.07) is 9.96. The predicted molar refractivity (Wildman–Crippen MR) is 183 cm³/mol. The predicted octanol–water partition coefficient (Wildman–Crippen LogP) is 7.93. The van der Waals surface area contributed by atoms with Crippen molar-refractivity contribution in [3.05, 3.63) is 89.6 Å². The van der Waals surface area contributed by atoms with E-state index in [0.29, 0.717) is 38.8 Å². The molecule has 2 rings (SSSR count). The molecule has 0 saturated heterocycles. The first kappa shape index (κ1) is 45.1. The molecule has 0 fully saturated rings. The number of non-ortho nitro benzene ring substituents is 2. The number of alkyl halides is 1. The van der Waals surface area contributed by atoms with Crippen molar-refractivity contribution >= 4 is 58.2 Å². The Hall–Kier alpha value is -5.93. The van der Waals surface area contributed by atoms with Crippen LogP contribution in [0.5, 0.6) is 11.5 Å². The van der Waals surface area contributed by atoms with Crippen LogP contribution in [-0.2, 0) is 23.8 Å². The highest BCUT2D eigenvalue weighted by molar-refractivity contribution is 14.1. The van der Waals surface area contributed by atoms with Gasteiger partial charge in [-0.05, 0) is 83.6 Å². The molecule has 0 saturated carbocycles. The molecule has 0 aliphatic carbocycles. The fourth-order valence-electron chi connectivity index (χ4n) is 3.14. The van der Waals surface area contributed by atoms with E-state index in [9.17, 15) is 39.4 Å². The van der Waals surface area contributed by atoms with Gasteiger partial charge in [0.2, 0.25) is 6.79 Å². The Kier molecular flexibility index (Phi) is 25.7. The smallest absolute Gasteiger partial charge is 0.481 e. The molecule has 23 heteroatoms. The van der Waals surface area contributed by atoms with Gasteiger partial charge in [0, 0.05) is 60.0 Å². The minimum Gasteiger partial charge on any atom is -0.481 e. The molecule has 0 radical (unpaired) electrons. The lowest BCUT2D eigenvalue weighted by atomic mass is 10.2. The number of halogens is 1. The topological polar surface area (TPSA) is 318 Å². The van der Waals surface area contributed by atoms with Crippen molar-refractivity contribution < 1.29 is 57.8 Å². The molecule has 0 unspecified atom stereocenters. The Morgan fingerprint density at radius 3 is 1.51 bits per heavy atom. The molecule has 1 N–H and O–H groups in total. The summed E-state index contributed by atoms with van der Waals surface area (Å²) in [4.78, 5) is 68.5. The van der Waals surface area contributed by atoms with E-state index in [1.165, 1.54) is 48.5 Å². The summed E-state index contributed by atoms with van der Waals surface area (Å²) in [6.45, 7) is 0.253. The number of nitrogens with zero attached hydrogens (tertiary/aromatic N) is 8. The number of carbonyl (C=O) groups excluding carboxylic acids is 3. The van der Waals surface area contributed by atoms with Gasteiger partial charge in [-0.1, -0.05) is 23.1 Å². The van der Waals surface area contributed by atoms with Gasteiger partial charge in [0.25, 0.3) is 11.4 Å². The zero-order chi connectivity index (χ0) is 38.3. The van der Waals surface area contributed by atoms with Crippen molar-refractivity contribution in [1.29, 1.82) is 0 Å². The number of carbonyl (C=O) groups is 4. The molecule has 0 aliphatic heterocycles. The van der Waals surface area contributed by atoms with Gasteiger partial charge < -0.3 is 28.8 Å². The van der Waals surface area contributed by atoms with Crippen molar-refractivity contribution in [2.75, 3.05) is 24.5 Å². The molecule has 2 aromatic rings. The van der Waals surface area contributed by atoms with E-state index >= 15 is 0 Å². The molecular formula is C28H33IN8O14. The van der Waals surface area contributed by atoms with Crippen LogP contribution in [0.1, 0.15) is 51.4 Å². The highest BCUT2D eigenvalue weighted by Gasteiger charge is 2.11. The lowest BCUT2D eigenvalue weighted by Crippen LogP contribution is -2.15. The number of nitro benzene ring substituents is 2. The molecule has 0 aromatic heterocycles. The van der Waals surface area contributed by atoms with Crippen molar-refractivity contribution in [1.82, 2.24) is 0 Å². The number of aliphatic carboxylic acids is 1. The number of carboxylic acids is 1. The number of carboxylic acid groups (broad SMARTS) is 1. The average molecular weight is 833 g/mol. The summed E-state index contributed by atoms with van der Waals surface area (Å²) in [5.74, 6) is -1.04. The van der Waals surface area contributed by atoms with E-state index in [2.05, 4.69) is 29.5 Å². The summed E-state index contributed by atoms with van der Waals surface area (Å²) >= 11 is 1.85. The van der Waals surface area contributed by atoms with Crippen LogP contribution in [0, 0.1) is 20.2 Å². The van der Waals surface area contributed by atoms with E-state index < -0.39 is 40.9 Å². The van der Waals surface area contributed by atoms with Gasteiger partial charge in [0.1, 0.15) is 16.1 Å². The molecule has 0 heterocycles. The maximum Gasteiger partial charge on any atom is 0.516 e. The van der Waals surface area contributed by atoms with Gasteiger partial charge in [-0.2, -0.15) is 0 Å². The minimum atomic E-state index is -1.10. The Labute approximate surface area is 302 Å². The van der Waals surface area contributed by atoms with E-state index in [-0.39, 0.29) is 40.3 Å². The van der Waals surface area contributed by atoms with E-state index in [1.54, 1.807) is 0 Å². The summed E-state index contributed by atoms with van der Waals surface area (Å²) in [5, 5.41) is 35.7. The van der Waals surface area contributed by atoms with E-state index in [4.69, 9.17) is 30.4 Å². The first-order valence-electron chi connectivity index (χ1n) is 14.6. The molecule has 51 heavy (non-hydrogen) atoms. The van der Waals surface area contributed by atoms with Crippen LogP contribution < -0.4 is 9.47 Å². The molecule has 22 nitrogen and oxygen atoms in total. The Morgan fingerprint density at radius 2 is 1.12 bits per heavy atom. The average Bonchev–Trinajstić information content (AvgIpc) is 3.09. The third-order valence-electron chi connectivity index (χ3n) is 5.48. The van der Waals surface area contributed by atoms with Crippen LogP contribution in [0.25, 0.3) is 20.9 Å². The minimum absolute atomic E-state index is 0.0574. The number of benzene rings is 2.